The van der Waals surface area contributed by atoms with Crippen molar-refractivity contribution in [2.24, 2.45) is 0 Å². The Morgan fingerprint density at radius 1 is 1.56 bits per heavy atom. The zero-order valence-electron chi connectivity index (χ0n) is 9.66. The third-order valence-corrected chi connectivity index (χ3v) is 2.66. The first-order valence-electron chi connectivity index (χ1n) is 4.95. The van der Waals surface area contributed by atoms with Crippen LogP contribution >= 0.6 is 23.7 Å². The topological polar surface area (TPSA) is 60.2 Å². The summed E-state index contributed by atoms with van der Waals surface area (Å²) < 4.78 is 39.9. The van der Waals surface area contributed by atoms with E-state index in [2.05, 4.69) is 15.0 Å². The highest BCUT2D eigenvalue weighted by Gasteiger charge is 2.27. The number of halogens is 4. The van der Waals surface area contributed by atoms with E-state index in [1.54, 1.807) is 13.1 Å². The molecule has 0 saturated heterocycles. The lowest BCUT2D eigenvalue weighted by molar-refractivity contribution is -0.175. The molecule has 106 valence electrons. The molecule has 1 heterocycles. The van der Waals surface area contributed by atoms with Crippen molar-refractivity contribution in [2.45, 2.75) is 25.7 Å². The lowest BCUT2D eigenvalue weighted by Crippen LogP contribution is -2.31. The maximum absolute atomic E-state index is 11.8. The van der Waals surface area contributed by atoms with Gasteiger partial charge in [0.15, 0.2) is 5.13 Å². The van der Waals surface area contributed by atoms with Gasteiger partial charge in [-0.25, -0.2) is 4.98 Å². The predicted molar refractivity (Wildman–Crippen MR) is 67.0 cm³/mol. The van der Waals surface area contributed by atoms with Crippen molar-refractivity contribution < 1.29 is 17.9 Å². The number of hydrogen-bond donors (Lipinski definition) is 2. The van der Waals surface area contributed by atoms with Crippen molar-refractivity contribution in [3.63, 3.8) is 0 Å². The van der Waals surface area contributed by atoms with Crippen LogP contribution in [0.3, 0.4) is 0 Å². The number of aromatic nitrogens is 1. The number of thiazole rings is 1. The molecule has 0 aliphatic heterocycles. The van der Waals surface area contributed by atoms with Gasteiger partial charge < -0.3 is 15.8 Å². The largest absolute Gasteiger partial charge is 0.411 e. The summed E-state index contributed by atoms with van der Waals surface area (Å²) >= 11 is 1.34. The van der Waals surface area contributed by atoms with E-state index in [1.807, 2.05) is 0 Å². The Morgan fingerprint density at radius 2 is 2.22 bits per heavy atom. The molecule has 0 radical (unpaired) electrons. The molecular formula is C9H15ClF3N3OS. The van der Waals surface area contributed by atoms with Crippen molar-refractivity contribution >= 4 is 28.9 Å². The first-order valence-corrected chi connectivity index (χ1v) is 5.76. The second kappa shape index (κ2) is 7.78. The number of nitrogens with zero attached hydrogens (tertiary/aromatic N) is 1. The van der Waals surface area contributed by atoms with Crippen molar-refractivity contribution in [2.75, 3.05) is 18.9 Å². The summed E-state index contributed by atoms with van der Waals surface area (Å²) in [7, 11) is 0. The van der Waals surface area contributed by atoms with Gasteiger partial charge in [0, 0.05) is 23.7 Å². The fourth-order valence-electron chi connectivity index (χ4n) is 1.09. The zero-order valence-corrected chi connectivity index (χ0v) is 11.3. The third-order valence-electron chi connectivity index (χ3n) is 1.83. The van der Waals surface area contributed by atoms with E-state index in [-0.39, 0.29) is 25.1 Å². The second-order valence-electron chi connectivity index (χ2n) is 3.58. The Kier molecular flexibility index (Phi) is 7.53. The van der Waals surface area contributed by atoms with E-state index in [1.165, 1.54) is 11.3 Å². The Morgan fingerprint density at radius 3 is 2.72 bits per heavy atom. The monoisotopic (exact) mass is 305 g/mol. The van der Waals surface area contributed by atoms with Crippen LogP contribution in [0.5, 0.6) is 0 Å². The smallest absolute Gasteiger partial charge is 0.375 e. The summed E-state index contributed by atoms with van der Waals surface area (Å²) in [6.07, 6.45) is -2.64. The molecule has 0 spiro atoms. The molecule has 1 atom stereocenters. The first-order chi connectivity index (χ1) is 7.87. The number of rotatable bonds is 6. The average molecular weight is 306 g/mol. The van der Waals surface area contributed by atoms with Gasteiger partial charge in [-0.15, -0.1) is 23.7 Å². The van der Waals surface area contributed by atoms with Crippen molar-refractivity contribution in [1.29, 1.82) is 0 Å². The minimum atomic E-state index is -4.27. The molecule has 1 rings (SSSR count). The zero-order chi connectivity index (χ0) is 12.9. The summed E-state index contributed by atoms with van der Waals surface area (Å²) in [5, 5.41) is 3.50. The van der Waals surface area contributed by atoms with E-state index in [0.717, 1.165) is 4.88 Å². The Labute approximate surface area is 113 Å². The molecular weight excluding hydrogens is 291 g/mol. The molecule has 4 nitrogen and oxygen atoms in total. The Hall–Kier alpha value is -0.570. The van der Waals surface area contributed by atoms with Crippen LogP contribution in [-0.2, 0) is 11.3 Å². The maximum atomic E-state index is 11.8. The number of anilines is 1. The summed E-state index contributed by atoms with van der Waals surface area (Å²) in [4.78, 5) is 4.80. The quantitative estimate of drug-likeness (QED) is 0.846. The SMILES string of the molecule is CC(COCC(F)(F)F)NCc1cnc(N)s1.Cl. The normalized spacial score (nSPS) is 13.1. The standard InChI is InChI=1S/C9H14F3N3OS.ClH/c1-6(4-16-5-9(10,11)12)14-2-7-3-15-8(13)17-7;/h3,6,14H,2,4-5H2,1H3,(H2,13,15);1H. The molecule has 0 amide bonds. The summed E-state index contributed by atoms with van der Waals surface area (Å²) in [6, 6.07) is -0.166. The van der Waals surface area contributed by atoms with Gasteiger partial charge in [0.1, 0.15) is 6.61 Å². The number of nitrogens with one attached hydrogen (secondary N) is 1. The van der Waals surface area contributed by atoms with Gasteiger partial charge in [0.25, 0.3) is 0 Å². The molecule has 1 aromatic rings. The minimum Gasteiger partial charge on any atom is -0.375 e. The third kappa shape index (κ3) is 7.70. The highest BCUT2D eigenvalue weighted by Crippen LogP contribution is 2.15. The molecule has 0 aromatic carbocycles. The van der Waals surface area contributed by atoms with E-state index in [4.69, 9.17) is 5.73 Å². The number of ether oxygens (including phenoxy) is 1. The number of alkyl halides is 3. The van der Waals surface area contributed by atoms with Gasteiger partial charge >= 0.3 is 6.18 Å². The van der Waals surface area contributed by atoms with E-state index in [0.29, 0.717) is 11.7 Å². The number of nitrogen functional groups attached to an aromatic ring is 1. The molecule has 0 aliphatic carbocycles. The van der Waals surface area contributed by atoms with Gasteiger partial charge in [-0.05, 0) is 6.92 Å². The fourth-order valence-corrected chi connectivity index (χ4v) is 1.72. The molecule has 3 N–H and O–H groups in total. The molecule has 0 bridgehead atoms. The fraction of sp³-hybridized carbons (Fsp3) is 0.667. The lowest BCUT2D eigenvalue weighted by Gasteiger charge is -2.14. The van der Waals surface area contributed by atoms with Crippen LogP contribution in [0.4, 0.5) is 18.3 Å². The van der Waals surface area contributed by atoms with Crippen LogP contribution in [0.1, 0.15) is 11.8 Å². The van der Waals surface area contributed by atoms with Gasteiger partial charge in [-0.3, -0.25) is 0 Å². The average Bonchev–Trinajstić information content (AvgIpc) is 2.59. The minimum absolute atomic E-state index is 0. The molecule has 0 saturated carbocycles. The molecule has 0 fully saturated rings. The van der Waals surface area contributed by atoms with Crippen LogP contribution in [0.15, 0.2) is 6.20 Å². The van der Waals surface area contributed by atoms with Gasteiger partial charge in [-0.1, -0.05) is 0 Å². The molecule has 1 aromatic heterocycles. The molecule has 18 heavy (non-hydrogen) atoms. The Bertz CT molecular complexity index is 348. The van der Waals surface area contributed by atoms with Gasteiger partial charge in [-0.2, -0.15) is 13.2 Å². The van der Waals surface area contributed by atoms with E-state index < -0.39 is 12.8 Å². The lowest BCUT2D eigenvalue weighted by atomic mass is 10.3. The van der Waals surface area contributed by atoms with Crippen LogP contribution in [-0.4, -0.2) is 30.4 Å². The maximum Gasteiger partial charge on any atom is 0.411 e. The number of hydrogen-bond acceptors (Lipinski definition) is 5. The second-order valence-corrected chi connectivity index (χ2v) is 4.72. The van der Waals surface area contributed by atoms with E-state index in [9.17, 15) is 13.2 Å². The van der Waals surface area contributed by atoms with Crippen LogP contribution in [0.2, 0.25) is 0 Å². The first kappa shape index (κ1) is 17.4. The Balaban J connectivity index is 0.00000289. The summed E-state index contributed by atoms with van der Waals surface area (Å²) in [6.45, 7) is 1.06. The predicted octanol–water partition coefficient (Wildman–Crippen LogP) is 2.20. The summed E-state index contributed by atoms with van der Waals surface area (Å²) in [5.41, 5.74) is 5.44. The van der Waals surface area contributed by atoms with Gasteiger partial charge in [0.2, 0.25) is 0 Å². The molecule has 1 unspecified atom stereocenters. The highest BCUT2D eigenvalue weighted by molar-refractivity contribution is 7.15. The highest BCUT2D eigenvalue weighted by atomic mass is 35.5. The van der Waals surface area contributed by atoms with Crippen LogP contribution < -0.4 is 11.1 Å². The summed E-state index contributed by atoms with van der Waals surface area (Å²) in [5.74, 6) is 0. The number of nitrogens with two attached hydrogens (primary N) is 1. The van der Waals surface area contributed by atoms with E-state index >= 15 is 0 Å². The van der Waals surface area contributed by atoms with Gasteiger partial charge in [0.05, 0.1) is 6.61 Å². The van der Waals surface area contributed by atoms with Crippen molar-refractivity contribution in [3.8, 4) is 0 Å². The molecule has 0 aliphatic rings. The molecule has 9 heteroatoms. The van der Waals surface area contributed by atoms with Crippen molar-refractivity contribution in [1.82, 2.24) is 10.3 Å². The van der Waals surface area contributed by atoms with Crippen LogP contribution in [0.25, 0.3) is 0 Å². The van der Waals surface area contributed by atoms with Crippen LogP contribution in [0, 0.1) is 0 Å². The van der Waals surface area contributed by atoms with Crippen molar-refractivity contribution in [3.05, 3.63) is 11.1 Å².